The lowest BCUT2D eigenvalue weighted by molar-refractivity contribution is 0.0904. The molecule has 11 heteroatoms. The third kappa shape index (κ3) is 9.07. The van der Waals surface area contributed by atoms with Gasteiger partial charge in [0.2, 0.25) is 0 Å². The minimum absolute atomic E-state index is 0.229. The average Bonchev–Trinajstić information content (AvgIpc) is 3.64. The first kappa shape index (κ1) is 38.2. The number of carbonyl (C=O) groups is 2. The first-order chi connectivity index (χ1) is 26.8. The molecular weight excluding hydrogens is 689 g/mol. The van der Waals surface area contributed by atoms with Crippen LogP contribution in [0.5, 0.6) is 0 Å². The van der Waals surface area contributed by atoms with Crippen molar-refractivity contribution in [2.24, 2.45) is 0 Å². The number of piperazine rings is 1. The number of aromatic nitrogens is 3. The quantitative estimate of drug-likeness (QED) is 0.131. The molecule has 5 aromatic rings. The summed E-state index contributed by atoms with van der Waals surface area (Å²) in [6.45, 7) is 14.3. The third-order valence-corrected chi connectivity index (χ3v) is 11.0. The number of hydrogen-bond donors (Lipinski definition) is 3. The molecule has 2 aromatic heterocycles. The Labute approximate surface area is 324 Å². The van der Waals surface area contributed by atoms with E-state index in [1.54, 1.807) is 24.3 Å². The fourth-order valence-corrected chi connectivity index (χ4v) is 7.61. The normalized spacial score (nSPS) is 15.6. The molecule has 4 heterocycles. The Bertz CT molecular complexity index is 2130. The van der Waals surface area contributed by atoms with Crippen molar-refractivity contribution in [3.8, 4) is 11.1 Å². The molecular formula is C44H54N8O3. The maximum Gasteiger partial charge on any atom is 0.251 e. The number of anilines is 1. The Kier molecular flexibility index (Phi) is 12.2. The lowest BCUT2D eigenvalue weighted by atomic mass is 9.98. The number of ether oxygens (including phenoxy) is 1. The summed E-state index contributed by atoms with van der Waals surface area (Å²) in [7, 11) is 2.18. The molecule has 2 saturated heterocycles. The zero-order valence-corrected chi connectivity index (χ0v) is 32.7. The molecule has 0 atom stereocenters. The first-order valence-corrected chi connectivity index (χ1v) is 19.8. The van der Waals surface area contributed by atoms with Crippen LogP contribution < -0.4 is 16.0 Å². The highest BCUT2D eigenvalue weighted by Crippen LogP contribution is 2.31. The largest absolute Gasteiger partial charge is 0.381 e. The number of pyridine rings is 1. The van der Waals surface area contributed by atoms with Gasteiger partial charge in [-0.3, -0.25) is 14.5 Å². The SMILES string of the molecule is CCc1nc2c(cnn2CC)c(NC2CCOCC2)c1CNC(=O)c1cccc(C(=O)NCc2cc(-c3cccc(CN4CCN(C)CC4)c3)ccc2C)c1. The van der Waals surface area contributed by atoms with Crippen LogP contribution in [-0.4, -0.2) is 88.9 Å². The predicted octanol–water partition coefficient (Wildman–Crippen LogP) is 6.19. The molecule has 7 rings (SSSR count). The van der Waals surface area contributed by atoms with Crippen molar-refractivity contribution < 1.29 is 14.3 Å². The summed E-state index contributed by atoms with van der Waals surface area (Å²) in [5, 5.41) is 15.5. The van der Waals surface area contributed by atoms with Crippen LogP contribution in [0.4, 0.5) is 5.69 Å². The molecule has 2 fully saturated rings. The number of rotatable bonds is 13. The van der Waals surface area contributed by atoms with Crippen LogP contribution in [-0.2, 0) is 37.3 Å². The number of amides is 2. The van der Waals surface area contributed by atoms with Gasteiger partial charge in [-0.2, -0.15) is 5.10 Å². The van der Waals surface area contributed by atoms with Crippen LogP contribution in [0.3, 0.4) is 0 Å². The van der Waals surface area contributed by atoms with E-state index < -0.39 is 0 Å². The van der Waals surface area contributed by atoms with E-state index in [-0.39, 0.29) is 17.9 Å². The Hall–Kier alpha value is -5.10. The lowest BCUT2D eigenvalue weighted by Crippen LogP contribution is -2.43. The molecule has 2 amide bonds. The number of nitrogens with one attached hydrogen (secondary N) is 3. The zero-order valence-electron chi connectivity index (χ0n) is 32.7. The van der Waals surface area contributed by atoms with Gasteiger partial charge in [0, 0.05) is 94.0 Å². The topological polar surface area (TPSA) is 117 Å². The van der Waals surface area contributed by atoms with E-state index >= 15 is 0 Å². The zero-order chi connectivity index (χ0) is 38.3. The van der Waals surface area contributed by atoms with Crippen LogP contribution >= 0.6 is 0 Å². The number of aryl methyl sites for hydroxylation is 3. The Morgan fingerprint density at radius 1 is 0.855 bits per heavy atom. The summed E-state index contributed by atoms with van der Waals surface area (Å²) in [5.74, 6) is -0.482. The third-order valence-electron chi connectivity index (χ3n) is 11.0. The van der Waals surface area contributed by atoms with Crippen molar-refractivity contribution >= 4 is 28.5 Å². The maximum atomic E-state index is 13.6. The van der Waals surface area contributed by atoms with Gasteiger partial charge in [0.15, 0.2) is 5.65 Å². The van der Waals surface area contributed by atoms with Crippen LogP contribution in [0, 0.1) is 6.92 Å². The number of hydrogen-bond acceptors (Lipinski definition) is 8. The van der Waals surface area contributed by atoms with E-state index in [1.165, 1.54) is 11.1 Å². The molecule has 0 saturated carbocycles. The fraction of sp³-hybridized carbons (Fsp3) is 0.409. The highest BCUT2D eigenvalue weighted by molar-refractivity contribution is 6.00. The second-order valence-electron chi connectivity index (χ2n) is 14.9. The van der Waals surface area contributed by atoms with Gasteiger partial charge in [0.1, 0.15) is 0 Å². The smallest absolute Gasteiger partial charge is 0.251 e. The van der Waals surface area contributed by atoms with Gasteiger partial charge in [0.25, 0.3) is 11.8 Å². The summed E-state index contributed by atoms with van der Waals surface area (Å²) in [6.07, 6.45) is 4.39. The van der Waals surface area contributed by atoms with E-state index in [4.69, 9.17) is 9.72 Å². The number of fused-ring (bicyclic) bond motifs is 1. The van der Waals surface area contributed by atoms with Gasteiger partial charge in [-0.1, -0.05) is 43.3 Å². The van der Waals surface area contributed by atoms with E-state index in [2.05, 4.69) is 101 Å². The van der Waals surface area contributed by atoms with Crippen LogP contribution in [0.2, 0.25) is 0 Å². The summed E-state index contributed by atoms with van der Waals surface area (Å²) < 4.78 is 7.52. The molecule has 0 unspecified atom stereocenters. The molecule has 11 nitrogen and oxygen atoms in total. The van der Waals surface area contributed by atoms with Crippen molar-refractivity contribution in [1.82, 2.24) is 35.2 Å². The summed E-state index contributed by atoms with van der Waals surface area (Å²) in [4.78, 5) is 37.0. The number of benzene rings is 3. The van der Waals surface area contributed by atoms with Gasteiger partial charge in [-0.25, -0.2) is 9.67 Å². The monoisotopic (exact) mass is 742 g/mol. The number of nitrogens with zero attached hydrogens (tertiary/aromatic N) is 5. The molecule has 0 spiro atoms. The average molecular weight is 743 g/mol. The van der Waals surface area contributed by atoms with Crippen molar-refractivity contribution in [3.63, 3.8) is 0 Å². The second kappa shape index (κ2) is 17.6. The molecule has 2 aliphatic rings. The Morgan fingerprint density at radius 3 is 2.29 bits per heavy atom. The number of carbonyl (C=O) groups excluding carboxylic acids is 2. The van der Waals surface area contributed by atoms with Crippen LogP contribution in [0.1, 0.15) is 75.4 Å². The predicted molar refractivity (Wildman–Crippen MR) is 218 cm³/mol. The van der Waals surface area contributed by atoms with Gasteiger partial charge in [0.05, 0.1) is 17.3 Å². The highest BCUT2D eigenvalue weighted by Gasteiger charge is 2.23. The molecule has 0 bridgehead atoms. The molecule has 2 aliphatic heterocycles. The molecule has 3 aromatic carbocycles. The van der Waals surface area contributed by atoms with Crippen molar-refractivity contribution in [2.45, 2.75) is 72.3 Å². The van der Waals surface area contributed by atoms with E-state index in [1.807, 2.05) is 10.9 Å². The van der Waals surface area contributed by atoms with Crippen LogP contribution in [0.15, 0.2) is 72.9 Å². The molecule has 0 radical (unpaired) electrons. The number of likely N-dealkylation sites (N-methyl/N-ethyl adjacent to an activating group) is 1. The van der Waals surface area contributed by atoms with Gasteiger partial charge in [-0.05, 0) is 98.3 Å². The minimum Gasteiger partial charge on any atom is -0.381 e. The highest BCUT2D eigenvalue weighted by atomic mass is 16.5. The van der Waals surface area contributed by atoms with Gasteiger partial charge in [-0.15, -0.1) is 0 Å². The summed E-state index contributed by atoms with van der Waals surface area (Å²) in [5.41, 5.74) is 10.3. The standard InChI is InChI=1S/C44H54N8O3/c1-5-40-38(41(48-37-15-21-55-22-16-37)39-28-47-52(6-2)42(39)49-40)27-46-44(54)35-12-8-11-34(25-35)43(53)45-26-36-24-33(14-13-30(36)3)32-10-7-9-31(23-32)29-51-19-17-50(4)18-20-51/h7-14,23-25,28,37H,5-6,15-22,26-27,29H2,1-4H3,(H,45,53)(H,46,54)(H,48,49). The Balaban J connectivity index is 1.02. The van der Waals surface area contributed by atoms with E-state index in [9.17, 15) is 9.59 Å². The van der Waals surface area contributed by atoms with Gasteiger partial charge < -0.3 is 25.6 Å². The fourth-order valence-electron chi connectivity index (χ4n) is 7.61. The molecule has 0 aliphatic carbocycles. The van der Waals surface area contributed by atoms with Crippen molar-refractivity contribution in [3.05, 3.63) is 112 Å². The molecule has 3 N–H and O–H groups in total. The van der Waals surface area contributed by atoms with E-state index in [0.29, 0.717) is 37.2 Å². The Morgan fingerprint density at radius 2 is 1.56 bits per heavy atom. The van der Waals surface area contributed by atoms with Crippen molar-refractivity contribution in [1.29, 1.82) is 0 Å². The second-order valence-corrected chi connectivity index (χ2v) is 14.9. The first-order valence-electron chi connectivity index (χ1n) is 19.8. The molecule has 55 heavy (non-hydrogen) atoms. The molecule has 288 valence electrons. The van der Waals surface area contributed by atoms with Crippen LogP contribution in [0.25, 0.3) is 22.2 Å². The summed E-state index contributed by atoms with van der Waals surface area (Å²) in [6, 6.07) is 22.4. The lowest BCUT2D eigenvalue weighted by Gasteiger charge is -2.32. The van der Waals surface area contributed by atoms with Gasteiger partial charge >= 0.3 is 0 Å². The van der Waals surface area contributed by atoms with E-state index in [0.717, 1.165) is 103 Å². The minimum atomic E-state index is -0.253. The maximum absolute atomic E-state index is 13.6. The van der Waals surface area contributed by atoms with Crippen molar-refractivity contribution in [2.75, 3.05) is 51.8 Å². The summed E-state index contributed by atoms with van der Waals surface area (Å²) >= 11 is 0.